The first-order valence-electron chi connectivity index (χ1n) is 35.6. The highest BCUT2D eigenvalue weighted by Crippen LogP contribution is 2.43. The first-order chi connectivity index (χ1) is 41.4. The van der Waals surface area contributed by atoms with E-state index in [4.69, 9.17) is 13.8 Å². The van der Waals surface area contributed by atoms with Crippen molar-refractivity contribution < 1.29 is 37.3 Å². The van der Waals surface area contributed by atoms with Gasteiger partial charge in [0.25, 0.3) is 0 Å². The number of carbonyl (C=O) groups excluding carboxylic acids is 2. The number of hydrogen-bond acceptors (Lipinski definition) is 6. The fraction of sp³-hybridized carbons (Fsp3) is 0.760. The van der Waals surface area contributed by atoms with E-state index in [-0.39, 0.29) is 31.5 Å². The third-order valence-corrected chi connectivity index (χ3v) is 16.5. The fourth-order valence-corrected chi connectivity index (χ4v) is 10.8. The summed E-state index contributed by atoms with van der Waals surface area (Å²) in [7, 11) is 1.47. The molecule has 492 valence electrons. The van der Waals surface area contributed by atoms with Gasteiger partial charge in [-0.15, -0.1) is 0 Å². The molecule has 9 nitrogen and oxygen atoms in total. The number of quaternary nitrogens is 1. The molecule has 0 aliphatic heterocycles. The molecule has 10 heteroatoms. The SMILES string of the molecule is CC/C=C\C/C=C\C/C=C\C/C=C\C/C=C\C/C=C\CCCCC(=O)OC(/C=C\CCCCCCCCCCCCC)C(COP(=O)(O)OCC[N+](C)(C)C)NC(=O)CCCCCCCCCCCCCCCCC/C=C/CCCCCCCC. The third kappa shape index (κ3) is 65.2. The van der Waals surface area contributed by atoms with Gasteiger partial charge in [0.05, 0.1) is 33.8 Å². The van der Waals surface area contributed by atoms with E-state index in [2.05, 4.69) is 111 Å². The van der Waals surface area contributed by atoms with Crippen LogP contribution in [-0.4, -0.2) is 74.3 Å². The van der Waals surface area contributed by atoms with Gasteiger partial charge in [0.2, 0.25) is 5.91 Å². The summed E-state index contributed by atoms with van der Waals surface area (Å²) >= 11 is 0. The van der Waals surface area contributed by atoms with Crippen molar-refractivity contribution in [1.82, 2.24) is 5.32 Å². The molecule has 0 aromatic heterocycles. The molecule has 0 saturated heterocycles. The van der Waals surface area contributed by atoms with Crippen molar-refractivity contribution in [3.63, 3.8) is 0 Å². The number of esters is 1. The lowest BCUT2D eigenvalue weighted by Gasteiger charge is -2.27. The Morgan fingerprint density at radius 2 is 0.753 bits per heavy atom. The van der Waals surface area contributed by atoms with Crippen LogP contribution in [0, 0.1) is 0 Å². The van der Waals surface area contributed by atoms with Crippen LogP contribution < -0.4 is 5.32 Å². The summed E-state index contributed by atoms with van der Waals surface area (Å²) < 4.78 is 30.8. The van der Waals surface area contributed by atoms with E-state index in [1.165, 1.54) is 186 Å². The van der Waals surface area contributed by atoms with Crippen LogP contribution in [0.2, 0.25) is 0 Å². The zero-order valence-electron chi connectivity index (χ0n) is 56.3. The Morgan fingerprint density at radius 1 is 0.424 bits per heavy atom. The van der Waals surface area contributed by atoms with Crippen LogP contribution in [0.4, 0.5) is 0 Å². The van der Waals surface area contributed by atoms with Gasteiger partial charge in [-0.05, 0) is 109 Å². The van der Waals surface area contributed by atoms with Crippen molar-refractivity contribution in [3.8, 4) is 0 Å². The molecule has 0 spiro atoms. The molecule has 0 saturated carbocycles. The number of carbonyl (C=O) groups is 2. The minimum atomic E-state index is -4.47. The summed E-state index contributed by atoms with van der Waals surface area (Å²) in [4.78, 5) is 37.9. The van der Waals surface area contributed by atoms with Crippen LogP contribution in [-0.2, 0) is 27.9 Å². The molecule has 0 rings (SSSR count). The van der Waals surface area contributed by atoms with Gasteiger partial charge in [0.1, 0.15) is 19.3 Å². The Kier molecular flexibility index (Phi) is 61.6. The first kappa shape index (κ1) is 81.9. The molecule has 0 aliphatic rings. The summed E-state index contributed by atoms with van der Waals surface area (Å²) in [5, 5.41) is 3.06. The predicted molar refractivity (Wildman–Crippen MR) is 369 cm³/mol. The second-order valence-electron chi connectivity index (χ2n) is 25.0. The summed E-state index contributed by atoms with van der Waals surface area (Å²) in [6, 6.07) is -0.872. The van der Waals surface area contributed by atoms with E-state index in [1.54, 1.807) is 0 Å². The van der Waals surface area contributed by atoms with Gasteiger partial charge in [-0.25, -0.2) is 4.57 Å². The molecule has 2 N–H and O–H groups in total. The van der Waals surface area contributed by atoms with Gasteiger partial charge < -0.3 is 19.4 Å². The number of phosphoric ester groups is 1. The zero-order valence-corrected chi connectivity index (χ0v) is 57.2. The quantitative estimate of drug-likeness (QED) is 0.0205. The highest BCUT2D eigenvalue weighted by atomic mass is 31.2. The number of nitrogens with one attached hydrogen (secondary N) is 1. The molecule has 1 amide bonds. The Balaban J connectivity index is 5.17. The van der Waals surface area contributed by atoms with E-state index in [0.29, 0.717) is 23.9 Å². The maximum Gasteiger partial charge on any atom is 0.472 e. The maximum atomic E-state index is 13.6. The molecule has 85 heavy (non-hydrogen) atoms. The smallest absolute Gasteiger partial charge is 0.456 e. The van der Waals surface area contributed by atoms with E-state index in [9.17, 15) is 19.0 Å². The van der Waals surface area contributed by atoms with Gasteiger partial charge in [0, 0.05) is 12.8 Å². The Hall–Kier alpha value is -3.07. The highest BCUT2D eigenvalue weighted by molar-refractivity contribution is 7.47. The first-order valence-corrected chi connectivity index (χ1v) is 37.1. The third-order valence-electron chi connectivity index (χ3n) is 15.5. The maximum absolute atomic E-state index is 13.6. The van der Waals surface area contributed by atoms with Crippen LogP contribution in [0.5, 0.6) is 0 Å². The van der Waals surface area contributed by atoms with Crippen LogP contribution in [0.1, 0.15) is 316 Å². The second-order valence-corrected chi connectivity index (χ2v) is 26.5. The Morgan fingerprint density at radius 3 is 1.15 bits per heavy atom. The van der Waals surface area contributed by atoms with Gasteiger partial charge in [0.15, 0.2) is 0 Å². The number of amides is 1. The number of nitrogens with zero attached hydrogens (tertiary/aromatic N) is 1. The molecule has 0 aromatic rings. The van der Waals surface area contributed by atoms with Crippen molar-refractivity contribution in [3.05, 3.63) is 97.2 Å². The fourth-order valence-electron chi connectivity index (χ4n) is 10.1. The normalized spacial score (nSPS) is 14.1. The molecular weight excluding hydrogens is 1070 g/mol. The Labute approximate surface area is 526 Å². The standard InChI is InChI=1S/C75H135N2O7P/c1-7-10-13-16-19-22-25-28-30-32-34-36-37-38-39-41-42-44-46-49-52-55-58-61-64-67-74(78)76-72(71-83-85(80,81)82-70-69-77(4,5)6)73(66-63-60-57-54-51-48-27-24-21-18-15-12-9-3)84-75(79)68-65-62-59-56-53-50-47-45-43-40-35-33-31-29-26-23-20-17-14-11-8-2/h11,14,20,23,28-31,35,40,45,47,53,56,63,66,72-73H,7-10,12-13,15-19,21-22,24-27,32-34,36-39,41-44,46,48-52,54-55,57-62,64-65,67-71H2,1-6H3,(H-,76,78,80,81)/p+1/b14-11-,23-20-,30-28+,31-29-,40-35-,47-45-,56-53-,66-63-. The second kappa shape index (κ2) is 63.9. The van der Waals surface area contributed by atoms with Crippen molar-refractivity contribution in [1.29, 1.82) is 0 Å². The monoisotopic (exact) mass is 1210 g/mol. The van der Waals surface area contributed by atoms with E-state index in [0.717, 1.165) is 89.9 Å². The number of allylic oxidation sites excluding steroid dienone is 15. The molecule has 0 fully saturated rings. The van der Waals surface area contributed by atoms with Gasteiger partial charge in [-0.2, -0.15) is 0 Å². The molecule has 3 unspecified atom stereocenters. The lowest BCUT2D eigenvalue weighted by molar-refractivity contribution is -0.870. The lowest BCUT2D eigenvalue weighted by Crippen LogP contribution is -2.47. The van der Waals surface area contributed by atoms with Gasteiger partial charge in [-0.1, -0.05) is 292 Å². The number of ether oxygens (including phenoxy) is 1. The molecule has 0 aliphatic carbocycles. The topological polar surface area (TPSA) is 111 Å². The van der Waals surface area contributed by atoms with Crippen molar-refractivity contribution in [2.24, 2.45) is 0 Å². The highest BCUT2D eigenvalue weighted by Gasteiger charge is 2.30. The molecular formula is C75H136N2O7P+. The number of rotatable bonds is 64. The van der Waals surface area contributed by atoms with Crippen LogP contribution in [0.15, 0.2) is 97.2 Å². The van der Waals surface area contributed by atoms with Crippen LogP contribution in [0.25, 0.3) is 0 Å². The van der Waals surface area contributed by atoms with Crippen LogP contribution in [0.3, 0.4) is 0 Å². The molecule has 0 bridgehead atoms. The number of phosphoric acid groups is 1. The summed E-state index contributed by atoms with van der Waals surface area (Å²) in [6.07, 6.45) is 87.1. The van der Waals surface area contributed by atoms with E-state index >= 15 is 0 Å². The average Bonchev–Trinajstić information content (AvgIpc) is 3.48. The molecule has 0 aromatic carbocycles. The van der Waals surface area contributed by atoms with Crippen LogP contribution >= 0.6 is 7.82 Å². The number of likely N-dealkylation sites (N-methyl/N-ethyl adjacent to an activating group) is 1. The Bertz CT molecular complexity index is 1780. The largest absolute Gasteiger partial charge is 0.472 e. The molecule has 0 radical (unpaired) electrons. The van der Waals surface area contributed by atoms with Crippen molar-refractivity contribution >= 4 is 19.7 Å². The number of hydrogen-bond donors (Lipinski definition) is 2. The van der Waals surface area contributed by atoms with E-state index in [1.807, 2.05) is 33.3 Å². The summed E-state index contributed by atoms with van der Waals surface area (Å²) in [5.41, 5.74) is 0. The predicted octanol–water partition coefficient (Wildman–Crippen LogP) is 22.7. The lowest BCUT2D eigenvalue weighted by atomic mass is 10.0. The van der Waals surface area contributed by atoms with Crippen molar-refractivity contribution in [2.75, 3.05) is 40.9 Å². The summed E-state index contributed by atoms with van der Waals surface area (Å²) in [6.45, 7) is 6.89. The summed E-state index contributed by atoms with van der Waals surface area (Å²) in [5.74, 6) is -0.550. The molecule has 3 atom stereocenters. The number of unbranched alkanes of at least 4 members (excludes halogenated alkanes) is 34. The minimum Gasteiger partial charge on any atom is -0.456 e. The van der Waals surface area contributed by atoms with Gasteiger partial charge >= 0.3 is 13.8 Å². The van der Waals surface area contributed by atoms with E-state index < -0.39 is 20.0 Å². The molecule has 0 heterocycles. The minimum absolute atomic E-state index is 0.0301. The van der Waals surface area contributed by atoms with Gasteiger partial charge in [-0.3, -0.25) is 18.6 Å². The average molecular weight is 1210 g/mol. The van der Waals surface area contributed by atoms with Crippen molar-refractivity contribution in [2.45, 2.75) is 328 Å². The zero-order chi connectivity index (χ0) is 62.1.